The zero-order chi connectivity index (χ0) is 15.2. The summed E-state index contributed by atoms with van der Waals surface area (Å²) >= 11 is 0. The van der Waals surface area contributed by atoms with Crippen molar-refractivity contribution in [3.8, 4) is 0 Å². The fourth-order valence-corrected chi connectivity index (χ4v) is 2.50. The average Bonchev–Trinajstić information content (AvgIpc) is 2.47. The van der Waals surface area contributed by atoms with Crippen LogP contribution in [0.2, 0.25) is 0 Å². The van der Waals surface area contributed by atoms with Gasteiger partial charge in [0.05, 0.1) is 0 Å². The Balaban J connectivity index is 1.94. The molecule has 21 heavy (non-hydrogen) atoms. The smallest absolute Gasteiger partial charge is 0.123 e. The Labute approximate surface area is 127 Å². The van der Waals surface area contributed by atoms with Gasteiger partial charge in [-0.1, -0.05) is 38.1 Å². The second-order valence-electron chi connectivity index (χ2n) is 5.81. The maximum absolute atomic E-state index is 13.2. The van der Waals surface area contributed by atoms with Gasteiger partial charge >= 0.3 is 0 Å². The lowest BCUT2D eigenvalue weighted by atomic mass is 9.98. The van der Waals surface area contributed by atoms with Crippen LogP contribution in [0.25, 0.3) is 0 Å². The molecule has 1 nitrogen and oxygen atoms in total. The number of halogens is 1. The molecule has 112 valence electrons. The highest BCUT2D eigenvalue weighted by Gasteiger charge is 2.06. The molecule has 0 aliphatic carbocycles. The number of anilines is 1. The maximum atomic E-state index is 13.2. The third-order valence-corrected chi connectivity index (χ3v) is 3.94. The van der Waals surface area contributed by atoms with E-state index in [-0.39, 0.29) is 11.9 Å². The van der Waals surface area contributed by atoms with Gasteiger partial charge in [-0.05, 0) is 61.1 Å². The van der Waals surface area contributed by atoms with Crippen LogP contribution in [0.4, 0.5) is 10.1 Å². The molecule has 0 aliphatic heterocycles. The minimum absolute atomic E-state index is 0.169. The summed E-state index contributed by atoms with van der Waals surface area (Å²) in [5.41, 5.74) is 3.51. The van der Waals surface area contributed by atoms with Crippen molar-refractivity contribution in [1.29, 1.82) is 0 Å². The Morgan fingerprint density at radius 2 is 1.76 bits per heavy atom. The van der Waals surface area contributed by atoms with Gasteiger partial charge in [0, 0.05) is 11.7 Å². The molecular formula is C19H24FN. The lowest BCUT2D eigenvalue weighted by Gasteiger charge is -2.16. The van der Waals surface area contributed by atoms with Crippen molar-refractivity contribution in [1.82, 2.24) is 0 Å². The van der Waals surface area contributed by atoms with E-state index >= 15 is 0 Å². The molecule has 1 N–H and O–H groups in total. The number of hydrogen-bond acceptors (Lipinski definition) is 1. The Morgan fingerprint density at radius 1 is 1.05 bits per heavy atom. The van der Waals surface area contributed by atoms with E-state index in [4.69, 9.17) is 0 Å². The second-order valence-corrected chi connectivity index (χ2v) is 5.81. The molecule has 0 fully saturated rings. The highest BCUT2D eigenvalue weighted by atomic mass is 19.1. The first-order chi connectivity index (χ1) is 10.1. The van der Waals surface area contributed by atoms with Crippen LogP contribution < -0.4 is 5.32 Å². The minimum atomic E-state index is -0.169. The number of hydrogen-bond donors (Lipinski definition) is 1. The van der Waals surface area contributed by atoms with E-state index in [2.05, 4.69) is 50.4 Å². The molecule has 0 bridgehead atoms. The van der Waals surface area contributed by atoms with Crippen molar-refractivity contribution in [3.63, 3.8) is 0 Å². The molecule has 2 aromatic carbocycles. The van der Waals surface area contributed by atoms with Crippen LogP contribution in [0.1, 0.15) is 44.2 Å². The normalized spacial score (nSPS) is 13.7. The first-order valence-corrected chi connectivity index (χ1v) is 7.69. The van der Waals surface area contributed by atoms with Crippen molar-refractivity contribution in [2.75, 3.05) is 5.32 Å². The summed E-state index contributed by atoms with van der Waals surface area (Å²) in [6.07, 6.45) is 1.97. The minimum Gasteiger partial charge on any atom is -0.382 e. The van der Waals surface area contributed by atoms with Gasteiger partial charge in [0.2, 0.25) is 0 Å². The van der Waals surface area contributed by atoms with E-state index in [0.717, 1.165) is 24.1 Å². The van der Waals surface area contributed by atoms with Crippen LogP contribution in [0.3, 0.4) is 0 Å². The first kappa shape index (κ1) is 15.6. The largest absolute Gasteiger partial charge is 0.382 e. The summed E-state index contributed by atoms with van der Waals surface area (Å²) in [4.78, 5) is 0. The molecule has 0 aliphatic rings. The van der Waals surface area contributed by atoms with Crippen molar-refractivity contribution in [2.45, 2.75) is 45.6 Å². The molecule has 0 saturated carbocycles. The summed E-state index contributed by atoms with van der Waals surface area (Å²) < 4.78 is 13.2. The van der Waals surface area contributed by atoms with E-state index in [0.29, 0.717) is 5.92 Å². The Kier molecular flexibility index (Phi) is 5.38. The van der Waals surface area contributed by atoms with E-state index in [9.17, 15) is 4.39 Å². The van der Waals surface area contributed by atoms with Crippen LogP contribution >= 0.6 is 0 Å². The molecule has 2 aromatic rings. The van der Waals surface area contributed by atoms with E-state index in [1.165, 1.54) is 11.6 Å². The molecule has 0 amide bonds. The molecule has 2 rings (SSSR count). The highest BCUT2D eigenvalue weighted by Crippen LogP contribution is 2.21. The Hall–Kier alpha value is -1.83. The molecule has 2 atom stereocenters. The fraction of sp³-hybridized carbons (Fsp3) is 0.368. The zero-order valence-electron chi connectivity index (χ0n) is 13.1. The van der Waals surface area contributed by atoms with E-state index in [1.54, 1.807) is 12.1 Å². The summed E-state index contributed by atoms with van der Waals surface area (Å²) in [6.45, 7) is 6.57. The summed E-state index contributed by atoms with van der Waals surface area (Å²) in [5.74, 6) is 0.432. The van der Waals surface area contributed by atoms with Crippen LogP contribution in [-0.2, 0) is 6.42 Å². The quantitative estimate of drug-likeness (QED) is 0.751. The monoisotopic (exact) mass is 285 g/mol. The van der Waals surface area contributed by atoms with Crippen molar-refractivity contribution < 1.29 is 4.39 Å². The van der Waals surface area contributed by atoms with Gasteiger partial charge in [-0.25, -0.2) is 4.39 Å². The summed E-state index contributed by atoms with van der Waals surface area (Å²) in [7, 11) is 0. The molecule has 2 heteroatoms. The average molecular weight is 285 g/mol. The molecule has 2 unspecified atom stereocenters. The zero-order valence-corrected chi connectivity index (χ0v) is 13.1. The Morgan fingerprint density at radius 3 is 2.38 bits per heavy atom. The summed E-state index contributed by atoms with van der Waals surface area (Å²) in [6, 6.07) is 15.7. The third kappa shape index (κ3) is 4.59. The highest BCUT2D eigenvalue weighted by molar-refractivity contribution is 5.46. The second kappa shape index (κ2) is 7.26. The van der Waals surface area contributed by atoms with Crippen molar-refractivity contribution >= 4 is 5.69 Å². The predicted octanol–water partition coefficient (Wildman–Crippen LogP) is 5.38. The van der Waals surface area contributed by atoms with Crippen LogP contribution in [-0.4, -0.2) is 6.04 Å². The standard InChI is InChI=1S/C19H24FN/c1-4-14(2)17-8-10-19(11-9-17)21-15(3)12-16-6-5-7-18(20)13-16/h5-11,13-15,21H,4,12H2,1-3H3. The number of benzene rings is 2. The molecule has 0 aromatic heterocycles. The maximum Gasteiger partial charge on any atom is 0.123 e. The van der Waals surface area contributed by atoms with Gasteiger partial charge in [-0.15, -0.1) is 0 Å². The van der Waals surface area contributed by atoms with Gasteiger partial charge in [0.25, 0.3) is 0 Å². The van der Waals surface area contributed by atoms with Crippen molar-refractivity contribution in [3.05, 3.63) is 65.5 Å². The molecule has 0 saturated heterocycles. The number of rotatable bonds is 6. The molecular weight excluding hydrogens is 261 g/mol. The van der Waals surface area contributed by atoms with Gasteiger partial charge < -0.3 is 5.32 Å². The first-order valence-electron chi connectivity index (χ1n) is 7.69. The van der Waals surface area contributed by atoms with E-state index < -0.39 is 0 Å². The predicted molar refractivity (Wildman–Crippen MR) is 88.3 cm³/mol. The Bertz CT molecular complexity index is 562. The summed E-state index contributed by atoms with van der Waals surface area (Å²) in [5, 5.41) is 3.47. The molecule has 0 spiro atoms. The number of nitrogens with one attached hydrogen (secondary N) is 1. The van der Waals surface area contributed by atoms with Crippen LogP contribution in [0.5, 0.6) is 0 Å². The fourth-order valence-electron chi connectivity index (χ4n) is 2.50. The topological polar surface area (TPSA) is 12.0 Å². The molecule has 0 heterocycles. The van der Waals surface area contributed by atoms with Gasteiger partial charge in [0.1, 0.15) is 5.82 Å². The molecule has 0 radical (unpaired) electrons. The van der Waals surface area contributed by atoms with Crippen LogP contribution in [0.15, 0.2) is 48.5 Å². The van der Waals surface area contributed by atoms with Crippen molar-refractivity contribution in [2.24, 2.45) is 0 Å². The SMILES string of the molecule is CCC(C)c1ccc(NC(C)Cc2cccc(F)c2)cc1. The van der Waals surface area contributed by atoms with Gasteiger partial charge in [-0.2, -0.15) is 0 Å². The lowest BCUT2D eigenvalue weighted by Crippen LogP contribution is -2.18. The van der Waals surface area contributed by atoms with Gasteiger partial charge in [-0.3, -0.25) is 0 Å². The van der Waals surface area contributed by atoms with E-state index in [1.807, 2.05) is 6.07 Å². The van der Waals surface area contributed by atoms with Crippen LogP contribution in [0, 0.1) is 5.82 Å². The lowest BCUT2D eigenvalue weighted by molar-refractivity contribution is 0.624. The van der Waals surface area contributed by atoms with Gasteiger partial charge in [0.15, 0.2) is 0 Å². The third-order valence-electron chi connectivity index (χ3n) is 3.94.